The maximum atomic E-state index is 13.2. The molecule has 436 valence electrons. The highest BCUT2D eigenvalue weighted by Crippen LogP contribution is 2.19. The standard InChI is InChI=1S/C64H110N2O10/c1-5-9-13-17-20-21-22-23-24-25-26-27-28-29-33-39-60(67)73-53-56-50-57(54-74-61(68)41-40-59(38-32-16-12-8-4)76-64(70)65-44-47-66-45-34-35-46-66)52-58(51-56)55-75-62(69)42-43-63(71-48-36-30-18-14-10-6-2)72-49-37-31-19-15-11-7-3/h20-21,23-24,50-52,59,63H,5-19,22,25-49,53-55H2,1-4H3,(H,65,70)/b21-20-,24-23-. The number of carbonyl (C=O) groups is 4. The van der Waals surface area contributed by atoms with Gasteiger partial charge in [0.25, 0.3) is 0 Å². The van der Waals surface area contributed by atoms with E-state index in [1.54, 1.807) is 0 Å². The molecule has 1 fully saturated rings. The quantitative estimate of drug-likeness (QED) is 0.0219. The van der Waals surface area contributed by atoms with E-state index in [4.69, 9.17) is 28.4 Å². The van der Waals surface area contributed by atoms with Crippen molar-refractivity contribution in [2.75, 3.05) is 39.4 Å². The van der Waals surface area contributed by atoms with Gasteiger partial charge in [0.15, 0.2) is 6.29 Å². The fourth-order valence-electron chi connectivity index (χ4n) is 9.38. The molecule has 1 atom stereocenters. The van der Waals surface area contributed by atoms with Crippen LogP contribution in [0.4, 0.5) is 4.79 Å². The van der Waals surface area contributed by atoms with Gasteiger partial charge in [0, 0.05) is 45.6 Å². The fraction of sp³-hybridized carbons (Fsp3) is 0.781. The van der Waals surface area contributed by atoms with Crippen LogP contribution in [-0.2, 0) is 62.6 Å². The first kappa shape index (κ1) is 68.4. The first-order valence-corrected chi connectivity index (χ1v) is 31.0. The highest BCUT2D eigenvalue weighted by Gasteiger charge is 2.19. The van der Waals surface area contributed by atoms with Crippen LogP contribution in [-0.4, -0.2) is 80.7 Å². The van der Waals surface area contributed by atoms with Crippen molar-refractivity contribution in [3.63, 3.8) is 0 Å². The Labute approximate surface area is 463 Å². The molecule has 1 unspecified atom stereocenters. The Hall–Kier alpha value is -3.74. The van der Waals surface area contributed by atoms with Crippen molar-refractivity contribution in [1.82, 2.24) is 10.2 Å². The van der Waals surface area contributed by atoms with Gasteiger partial charge in [-0.05, 0) is 131 Å². The lowest BCUT2D eigenvalue weighted by Crippen LogP contribution is -2.35. The largest absolute Gasteiger partial charge is 0.461 e. The van der Waals surface area contributed by atoms with Crippen LogP contribution in [0.1, 0.15) is 269 Å². The van der Waals surface area contributed by atoms with E-state index in [9.17, 15) is 19.2 Å². The first-order valence-electron chi connectivity index (χ1n) is 31.0. The van der Waals surface area contributed by atoms with Crippen LogP contribution in [0, 0.1) is 0 Å². The number of alkyl carbamates (subject to hydrolysis) is 1. The molecule has 0 bridgehead atoms. The van der Waals surface area contributed by atoms with Gasteiger partial charge in [-0.25, -0.2) is 4.79 Å². The number of allylic oxidation sites excluding steroid dienone is 4. The number of carbonyl (C=O) groups excluding carboxylic acids is 4. The average molecular weight is 1070 g/mol. The van der Waals surface area contributed by atoms with Crippen molar-refractivity contribution in [1.29, 1.82) is 0 Å². The van der Waals surface area contributed by atoms with Crippen molar-refractivity contribution in [2.24, 2.45) is 0 Å². The zero-order valence-corrected chi connectivity index (χ0v) is 48.8. The van der Waals surface area contributed by atoms with Crippen LogP contribution < -0.4 is 5.32 Å². The van der Waals surface area contributed by atoms with Crippen LogP contribution >= 0.6 is 0 Å². The number of nitrogens with zero attached hydrogens (tertiary/aromatic N) is 1. The molecule has 0 spiro atoms. The van der Waals surface area contributed by atoms with Crippen LogP contribution in [0.25, 0.3) is 0 Å². The number of hydrogen-bond acceptors (Lipinski definition) is 11. The molecule has 1 N–H and O–H groups in total. The molecule has 12 nitrogen and oxygen atoms in total. The maximum absolute atomic E-state index is 13.2. The number of ether oxygens (including phenoxy) is 6. The molecule has 76 heavy (non-hydrogen) atoms. The Balaban J connectivity index is 1.99. The normalized spacial score (nSPS) is 13.3. The summed E-state index contributed by atoms with van der Waals surface area (Å²) in [7, 11) is 0. The molecule has 1 aromatic carbocycles. The molecular formula is C64H110N2O10. The summed E-state index contributed by atoms with van der Waals surface area (Å²) in [6, 6.07) is 5.59. The SMILES string of the molecule is CCCCC/C=C\C/C=C\CCCCCCCC(=O)OCc1cc(COC(=O)CCC(CCCCCC)OC(=O)NCCN2CCCC2)cc(COC(=O)CCC(OCCCCCCCC)OCCCCCCCC)c1. The zero-order valence-electron chi connectivity index (χ0n) is 48.8. The van der Waals surface area contributed by atoms with Crippen LogP contribution in [0.3, 0.4) is 0 Å². The summed E-state index contributed by atoms with van der Waals surface area (Å²) in [5.74, 6) is -1.01. The molecular weight excluding hydrogens is 957 g/mol. The molecule has 0 aromatic heterocycles. The van der Waals surface area contributed by atoms with Gasteiger partial charge >= 0.3 is 24.0 Å². The number of hydrogen-bond donors (Lipinski definition) is 1. The van der Waals surface area contributed by atoms with E-state index in [0.717, 1.165) is 122 Å². The lowest BCUT2D eigenvalue weighted by atomic mass is 10.1. The fourth-order valence-corrected chi connectivity index (χ4v) is 9.38. The van der Waals surface area contributed by atoms with Gasteiger partial charge in [0.2, 0.25) is 0 Å². The van der Waals surface area contributed by atoms with Crippen LogP contribution in [0.2, 0.25) is 0 Å². The van der Waals surface area contributed by atoms with Gasteiger partial charge in [-0.15, -0.1) is 0 Å². The smallest absolute Gasteiger partial charge is 0.407 e. The van der Waals surface area contributed by atoms with Gasteiger partial charge < -0.3 is 38.6 Å². The van der Waals surface area contributed by atoms with Crippen molar-refractivity contribution < 1.29 is 47.6 Å². The Morgan fingerprint density at radius 1 is 0.500 bits per heavy atom. The predicted molar refractivity (Wildman–Crippen MR) is 309 cm³/mol. The Bertz CT molecular complexity index is 1630. The summed E-state index contributed by atoms with van der Waals surface area (Å²) < 4.78 is 35.5. The van der Waals surface area contributed by atoms with E-state index in [-0.39, 0.29) is 44.6 Å². The summed E-state index contributed by atoms with van der Waals surface area (Å²) in [6.07, 6.45) is 42.7. The number of benzene rings is 1. The molecule has 1 aliphatic heterocycles. The van der Waals surface area contributed by atoms with E-state index >= 15 is 0 Å². The third-order valence-corrected chi connectivity index (χ3v) is 14.1. The van der Waals surface area contributed by atoms with Gasteiger partial charge in [-0.2, -0.15) is 0 Å². The van der Waals surface area contributed by atoms with E-state index in [2.05, 4.69) is 62.2 Å². The van der Waals surface area contributed by atoms with Gasteiger partial charge in [0.1, 0.15) is 25.9 Å². The predicted octanol–water partition coefficient (Wildman–Crippen LogP) is 16.4. The second kappa shape index (κ2) is 49.5. The Morgan fingerprint density at radius 3 is 1.47 bits per heavy atom. The Kier molecular flexibility index (Phi) is 44.6. The molecule has 1 amide bonds. The number of nitrogens with one attached hydrogen (secondary N) is 1. The summed E-state index contributed by atoms with van der Waals surface area (Å²) in [5, 5.41) is 2.90. The molecule has 12 heteroatoms. The number of rotatable bonds is 51. The highest BCUT2D eigenvalue weighted by molar-refractivity contribution is 5.70. The maximum Gasteiger partial charge on any atom is 0.407 e. The lowest BCUT2D eigenvalue weighted by Gasteiger charge is -2.19. The molecule has 1 saturated heterocycles. The first-order chi connectivity index (χ1) is 37.3. The van der Waals surface area contributed by atoms with E-state index in [1.807, 2.05) is 18.2 Å². The monoisotopic (exact) mass is 1070 g/mol. The van der Waals surface area contributed by atoms with Crippen molar-refractivity contribution in [3.8, 4) is 0 Å². The Morgan fingerprint density at radius 2 is 0.934 bits per heavy atom. The molecule has 1 heterocycles. The lowest BCUT2D eigenvalue weighted by molar-refractivity contribution is -0.160. The minimum Gasteiger partial charge on any atom is -0.461 e. The van der Waals surface area contributed by atoms with E-state index in [1.165, 1.54) is 89.9 Å². The zero-order chi connectivity index (χ0) is 54.8. The minimum absolute atomic E-state index is 0.00652. The molecule has 1 aliphatic rings. The summed E-state index contributed by atoms with van der Waals surface area (Å²) >= 11 is 0. The number of amides is 1. The highest BCUT2D eigenvalue weighted by atomic mass is 16.7. The summed E-state index contributed by atoms with van der Waals surface area (Å²) in [5.41, 5.74) is 2.11. The van der Waals surface area contributed by atoms with Crippen molar-refractivity contribution >= 4 is 24.0 Å². The van der Waals surface area contributed by atoms with Crippen LogP contribution in [0.5, 0.6) is 0 Å². The second-order valence-electron chi connectivity index (χ2n) is 21.3. The van der Waals surface area contributed by atoms with Gasteiger partial charge in [-0.3, -0.25) is 14.4 Å². The average Bonchev–Trinajstić information content (AvgIpc) is 3.95. The molecule has 0 aliphatic carbocycles. The van der Waals surface area contributed by atoms with E-state index < -0.39 is 24.5 Å². The topological polar surface area (TPSA) is 139 Å². The number of unbranched alkanes of at least 4 members (excludes halogenated alkanes) is 21. The third kappa shape index (κ3) is 40.5. The minimum atomic E-state index is -0.465. The van der Waals surface area contributed by atoms with Crippen molar-refractivity contribution in [2.45, 2.75) is 285 Å². The van der Waals surface area contributed by atoms with Gasteiger partial charge in [0.05, 0.1) is 6.42 Å². The third-order valence-electron chi connectivity index (χ3n) is 14.1. The van der Waals surface area contributed by atoms with E-state index in [0.29, 0.717) is 56.6 Å². The van der Waals surface area contributed by atoms with Crippen molar-refractivity contribution in [3.05, 3.63) is 59.2 Å². The van der Waals surface area contributed by atoms with Crippen LogP contribution in [0.15, 0.2) is 42.5 Å². The summed E-state index contributed by atoms with van der Waals surface area (Å²) in [4.78, 5) is 54.5. The second-order valence-corrected chi connectivity index (χ2v) is 21.3. The molecule has 2 rings (SSSR count). The molecule has 0 radical (unpaired) electrons. The number of likely N-dealkylation sites (tertiary alicyclic amines) is 1. The van der Waals surface area contributed by atoms with Gasteiger partial charge in [-0.1, -0.05) is 168 Å². The molecule has 0 saturated carbocycles. The summed E-state index contributed by atoms with van der Waals surface area (Å²) in [6.45, 7) is 13.5. The number of esters is 3. The molecule has 1 aromatic rings.